The summed E-state index contributed by atoms with van der Waals surface area (Å²) in [4.78, 5) is 11.6. The predicted molar refractivity (Wildman–Crippen MR) is 88.9 cm³/mol. The van der Waals surface area contributed by atoms with Crippen LogP contribution in [0.4, 0.5) is 0 Å². The lowest BCUT2D eigenvalue weighted by Crippen LogP contribution is -2.13. The highest BCUT2D eigenvalue weighted by Gasteiger charge is 2.19. The Labute approximate surface area is 135 Å². The average Bonchev–Trinajstić information content (AvgIpc) is 3.06. The SMILES string of the molecule is CC(=O)c1ccc(-c2cccn2S(=O)(=O)c2ccccc2)cc1. The van der Waals surface area contributed by atoms with Crippen LogP contribution in [0.15, 0.2) is 77.8 Å². The molecule has 0 N–H and O–H groups in total. The smallest absolute Gasteiger partial charge is 0.268 e. The van der Waals surface area contributed by atoms with Crippen LogP contribution in [0.5, 0.6) is 0 Å². The summed E-state index contributed by atoms with van der Waals surface area (Å²) in [5, 5.41) is 0. The van der Waals surface area contributed by atoms with Gasteiger partial charge in [-0.25, -0.2) is 12.4 Å². The molecule has 0 aliphatic rings. The maximum Gasteiger partial charge on any atom is 0.268 e. The number of ketones is 1. The molecule has 0 aliphatic heterocycles. The molecule has 0 saturated heterocycles. The molecule has 1 heterocycles. The summed E-state index contributed by atoms with van der Waals surface area (Å²) in [6.07, 6.45) is 1.52. The van der Waals surface area contributed by atoms with Gasteiger partial charge in [-0.3, -0.25) is 4.79 Å². The van der Waals surface area contributed by atoms with Gasteiger partial charge in [-0.1, -0.05) is 42.5 Å². The lowest BCUT2D eigenvalue weighted by atomic mass is 10.1. The van der Waals surface area contributed by atoms with E-state index in [4.69, 9.17) is 0 Å². The van der Waals surface area contributed by atoms with Gasteiger partial charge in [0.15, 0.2) is 5.78 Å². The fourth-order valence-electron chi connectivity index (χ4n) is 2.38. The van der Waals surface area contributed by atoms with Crippen LogP contribution in [-0.2, 0) is 10.0 Å². The van der Waals surface area contributed by atoms with E-state index in [2.05, 4.69) is 0 Å². The minimum Gasteiger partial charge on any atom is -0.295 e. The van der Waals surface area contributed by atoms with Crippen LogP contribution >= 0.6 is 0 Å². The zero-order valence-electron chi connectivity index (χ0n) is 12.5. The number of Topliss-reactive ketones (excluding diaryl/α,β-unsaturated/α-hetero) is 1. The molecule has 3 rings (SSSR count). The third-order valence-corrected chi connectivity index (χ3v) is 5.30. The van der Waals surface area contributed by atoms with Crippen molar-refractivity contribution in [2.45, 2.75) is 11.8 Å². The molecule has 5 heteroatoms. The molecule has 0 amide bonds. The molecule has 2 aromatic carbocycles. The number of hydrogen-bond acceptors (Lipinski definition) is 3. The second-order valence-corrected chi connectivity index (χ2v) is 6.96. The van der Waals surface area contributed by atoms with E-state index in [1.807, 2.05) is 0 Å². The third-order valence-electron chi connectivity index (χ3n) is 3.60. The second kappa shape index (κ2) is 5.85. The van der Waals surface area contributed by atoms with Crippen LogP contribution in [0.1, 0.15) is 17.3 Å². The topological polar surface area (TPSA) is 56.1 Å². The molecule has 0 aliphatic carbocycles. The third kappa shape index (κ3) is 2.83. The van der Waals surface area contributed by atoms with Crippen molar-refractivity contribution in [3.8, 4) is 11.3 Å². The van der Waals surface area contributed by atoms with Gasteiger partial charge in [0.05, 0.1) is 10.6 Å². The first-order chi connectivity index (χ1) is 11.0. The first-order valence-electron chi connectivity index (χ1n) is 7.09. The zero-order valence-corrected chi connectivity index (χ0v) is 13.3. The van der Waals surface area contributed by atoms with Gasteiger partial charge in [-0.2, -0.15) is 0 Å². The lowest BCUT2D eigenvalue weighted by Gasteiger charge is -2.11. The van der Waals surface area contributed by atoms with E-state index >= 15 is 0 Å². The molecule has 116 valence electrons. The van der Waals surface area contributed by atoms with Gasteiger partial charge in [0.1, 0.15) is 0 Å². The summed E-state index contributed by atoms with van der Waals surface area (Å²) in [5.74, 6) is -0.0242. The zero-order chi connectivity index (χ0) is 16.4. The quantitative estimate of drug-likeness (QED) is 0.689. The number of aromatic nitrogens is 1. The van der Waals surface area contributed by atoms with Crippen LogP contribution in [-0.4, -0.2) is 18.2 Å². The molecular formula is C18H15NO3S. The van der Waals surface area contributed by atoms with Crippen LogP contribution in [0.3, 0.4) is 0 Å². The molecule has 23 heavy (non-hydrogen) atoms. The van der Waals surface area contributed by atoms with E-state index in [9.17, 15) is 13.2 Å². The fourth-order valence-corrected chi connectivity index (χ4v) is 3.76. The number of carbonyl (C=O) groups is 1. The van der Waals surface area contributed by atoms with Crippen LogP contribution in [0, 0.1) is 0 Å². The highest BCUT2D eigenvalue weighted by molar-refractivity contribution is 7.90. The maximum absolute atomic E-state index is 12.8. The fraction of sp³-hybridized carbons (Fsp3) is 0.0556. The van der Waals surface area contributed by atoms with Crippen LogP contribution < -0.4 is 0 Å². The summed E-state index contributed by atoms with van der Waals surface area (Å²) in [6, 6.07) is 18.6. The van der Waals surface area contributed by atoms with Crippen molar-refractivity contribution in [3.05, 3.63) is 78.5 Å². The first-order valence-corrected chi connectivity index (χ1v) is 8.53. The van der Waals surface area contributed by atoms with Crippen molar-refractivity contribution in [2.75, 3.05) is 0 Å². The standard InChI is InChI=1S/C18H15NO3S/c1-14(20)15-9-11-16(12-10-15)18-8-5-13-19(18)23(21,22)17-6-3-2-4-7-17/h2-13H,1H3. The van der Waals surface area contributed by atoms with E-state index in [1.54, 1.807) is 66.7 Å². The van der Waals surface area contributed by atoms with Crippen molar-refractivity contribution < 1.29 is 13.2 Å². The molecule has 1 aromatic heterocycles. The van der Waals surface area contributed by atoms with E-state index in [0.29, 0.717) is 11.3 Å². The molecule has 0 unspecified atom stereocenters. The van der Waals surface area contributed by atoms with Gasteiger partial charge in [0.2, 0.25) is 0 Å². The molecular weight excluding hydrogens is 310 g/mol. The van der Waals surface area contributed by atoms with E-state index in [0.717, 1.165) is 5.56 Å². The summed E-state index contributed by atoms with van der Waals surface area (Å²) in [7, 11) is -3.65. The Bertz CT molecular complexity index is 939. The van der Waals surface area contributed by atoms with Crippen molar-refractivity contribution in [2.24, 2.45) is 0 Å². The molecule has 0 radical (unpaired) electrons. The molecule has 4 nitrogen and oxygen atoms in total. The van der Waals surface area contributed by atoms with Gasteiger partial charge in [-0.05, 0) is 36.8 Å². The number of nitrogens with zero attached hydrogens (tertiary/aromatic N) is 1. The Morgan fingerprint density at radius 1 is 0.870 bits per heavy atom. The van der Waals surface area contributed by atoms with Gasteiger partial charge >= 0.3 is 0 Å². The normalized spacial score (nSPS) is 11.3. The molecule has 0 bridgehead atoms. The summed E-state index contributed by atoms with van der Waals surface area (Å²) in [6.45, 7) is 1.50. The highest BCUT2D eigenvalue weighted by atomic mass is 32.2. The number of rotatable bonds is 4. The average molecular weight is 325 g/mol. The Kier molecular flexibility index (Phi) is 3.88. The molecule has 0 atom stereocenters. The minimum atomic E-state index is -3.65. The Morgan fingerprint density at radius 2 is 1.52 bits per heavy atom. The van der Waals surface area contributed by atoms with Crippen molar-refractivity contribution in [1.29, 1.82) is 0 Å². The Hall–Kier alpha value is -2.66. The second-order valence-electron chi connectivity index (χ2n) is 5.14. The molecule has 0 fully saturated rings. The minimum absolute atomic E-state index is 0.0242. The monoisotopic (exact) mass is 325 g/mol. The predicted octanol–water partition coefficient (Wildman–Crippen LogP) is 3.59. The van der Waals surface area contributed by atoms with Crippen molar-refractivity contribution >= 4 is 15.8 Å². The van der Waals surface area contributed by atoms with Crippen molar-refractivity contribution in [1.82, 2.24) is 3.97 Å². The van der Waals surface area contributed by atoms with Gasteiger partial charge in [0.25, 0.3) is 10.0 Å². The van der Waals surface area contributed by atoms with E-state index in [1.165, 1.54) is 17.1 Å². The first kappa shape index (κ1) is 15.2. The molecule has 3 aromatic rings. The summed E-state index contributed by atoms with van der Waals surface area (Å²) >= 11 is 0. The lowest BCUT2D eigenvalue weighted by molar-refractivity contribution is 0.101. The highest BCUT2D eigenvalue weighted by Crippen LogP contribution is 2.25. The van der Waals surface area contributed by atoms with Crippen LogP contribution in [0.25, 0.3) is 11.3 Å². The van der Waals surface area contributed by atoms with Gasteiger partial charge < -0.3 is 0 Å². The van der Waals surface area contributed by atoms with Crippen molar-refractivity contribution in [3.63, 3.8) is 0 Å². The van der Waals surface area contributed by atoms with Gasteiger partial charge in [0, 0.05) is 11.8 Å². The maximum atomic E-state index is 12.8. The van der Waals surface area contributed by atoms with Crippen LogP contribution in [0.2, 0.25) is 0 Å². The molecule has 0 saturated carbocycles. The Morgan fingerprint density at radius 3 is 2.13 bits per heavy atom. The van der Waals surface area contributed by atoms with E-state index in [-0.39, 0.29) is 10.7 Å². The number of hydrogen-bond donors (Lipinski definition) is 0. The van der Waals surface area contributed by atoms with E-state index < -0.39 is 10.0 Å². The summed E-state index contributed by atoms with van der Waals surface area (Å²) in [5.41, 5.74) is 1.89. The number of carbonyl (C=O) groups excluding carboxylic acids is 1. The largest absolute Gasteiger partial charge is 0.295 e. The Balaban J connectivity index is 2.08. The van der Waals surface area contributed by atoms with Gasteiger partial charge in [-0.15, -0.1) is 0 Å². The molecule has 0 spiro atoms. The summed E-state index contributed by atoms with van der Waals surface area (Å²) < 4.78 is 26.8. The number of benzene rings is 2.